The Bertz CT molecular complexity index is 1530. The average Bonchev–Trinajstić information content (AvgIpc) is 3.45. The molecule has 4 atom stereocenters. The molecule has 3 aromatic carbocycles. The number of rotatable bonds is 10. The zero-order valence-electron chi connectivity index (χ0n) is 25.4. The molecule has 0 bridgehead atoms. The molecule has 0 aromatic heterocycles. The quantitative estimate of drug-likeness (QED) is 0.251. The smallest absolute Gasteiger partial charge is 0.261 e. The van der Waals surface area contributed by atoms with E-state index in [1.807, 2.05) is 37.3 Å². The summed E-state index contributed by atoms with van der Waals surface area (Å²) in [4.78, 5) is 53.4. The Morgan fingerprint density at radius 2 is 1.80 bits per heavy atom. The summed E-state index contributed by atoms with van der Waals surface area (Å²) in [5.41, 5.74) is 1.04. The summed E-state index contributed by atoms with van der Waals surface area (Å²) in [6, 6.07) is 21.4. The summed E-state index contributed by atoms with van der Waals surface area (Å²) in [6.07, 6.45) is -0.799. The van der Waals surface area contributed by atoms with E-state index in [0.29, 0.717) is 34.8 Å². The first-order valence-electron chi connectivity index (χ1n) is 14.7. The van der Waals surface area contributed by atoms with Crippen molar-refractivity contribution in [3.8, 4) is 5.75 Å². The topological polar surface area (TPSA) is 137 Å². The van der Waals surface area contributed by atoms with Gasteiger partial charge >= 0.3 is 0 Å². The number of nitrogens with zero attached hydrogens (tertiary/aromatic N) is 1. The van der Waals surface area contributed by atoms with Gasteiger partial charge in [-0.2, -0.15) is 0 Å². The molecule has 3 amide bonds. The molecule has 3 aromatic rings. The van der Waals surface area contributed by atoms with Crippen LogP contribution in [-0.2, 0) is 26.5 Å². The van der Waals surface area contributed by atoms with Crippen molar-refractivity contribution in [1.82, 2.24) is 4.90 Å². The number of ether oxygens (including phenoxy) is 2. The normalized spacial score (nSPS) is 22.4. The minimum atomic E-state index is -2.99. The molecule has 4 N–H and O–H groups in total. The summed E-state index contributed by atoms with van der Waals surface area (Å²) >= 11 is 0. The van der Waals surface area contributed by atoms with Crippen LogP contribution in [0.4, 0.5) is 11.4 Å². The van der Waals surface area contributed by atoms with Gasteiger partial charge in [0.1, 0.15) is 5.75 Å². The van der Waals surface area contributed by atoms with Gasteiger partial charge in [0.2, 0.25) is 5.91 Å². The SMILES string of the molecule is COc1ccc(C(=O)Nc2ccc3c(c2)[C@@]2(O[C@H](CC(=O)N(CCO)Cc4ccccc4)[C@@H]([Si](C)(C)O)[C@@H]2C)C(=O)N3)cc1. The fourth-order valence-corrected chi connectivity index (χ4v) is 9.19. The fraction of sp³-hybridized carbons (Fsp3) is 0.364. The number of carbonyl (C=O) groups excluding carboxylic acids is 3. The van der Waals surface area contributed by atoms with Crippen LogP contribution in [0.5, 0.6) is 5.75 Å². The highest BCUT2D eigenvalue weighted by Gasteiger charge is 2.65. The van der Waals surface area contributed by atoms with Crippen molar-refractivity contribution in [2.24, 2.45) is 5.92 Å². The van der Waals surface area contributed by atoms with Gasteiger partial charge in [0, 0.05) is 47.1 Å². The molecule has 2 aliphatic rings. The molecule has 1 fully saturated rings. The first-order chi connectivity index (χ1) is 21.0. The van der Waals surface area contributed by atoms with E-state index in [0.717, 1.165) is 5.56 Å². The number of aliphatic hydroxyl groups is 1. The fourth-order valence-electron chi connectivity index (χ4n) is 6.64. The maximum Gasteiger partial charge on any atom is 0.261 e. The van der Waals surface area contributed by atoms with Crippen molar-refractivity contribution >= 4 is 37.4 Å². The first kappa shape index (κ1) is 31.4. The highest BCUT2D eigenvalue weighted by molar-refractivity contribution is 6.71. The van der Waals surface area contributed by atoms with Gasteiger partial charge < -0.3 is 34.9 Å². The number of nitrogens with one attached hydrogen (secondary N) is 2. The van der Waals surface area contributed by atoms with Crippen LogP contribution in [0.3, 0.4) is 0 Å². The van der Waals surface area contributed by atoms with Crippen LogP contribution in [0.15, 0.2) is 72.8 Å². The number of amides is 3. The Morgan fingerprint density at radius 1 is 1.09 bits per heavy atom. The largest absolute Gasteiger partial charge is 0.497 e. The van der Waals surface area contributed by atoms with E-state index < -0.39 is 31.5 Å². The lowest BCUT2D eigenvalue weighted by atomic mass is 9.82. The van der Waals surface area contributed by atoms with Crippen LogP contribution >= 0.6 is 0 Å². The Balaban J connectivity index is 1.43. The molecule has 5 rings (SSSR count). The van der Waals surface area contributed by atoms with Crippen LogP contribution in [0.25, 0.3) is 0 Å². The van der Waals surface area contributed by atoms with E-state index >= 15 is 0 Å². The molecule has 2 aliphatic heterocycles. The van der Waals surface area contributed by atoms with Crippen LogP contribution in [0.1, 0.15) is 34.8 Å². The zero-order valence-corrected chi connectivity index (χ0v) is 26.4. The number of anilines is 2. The van der Waals surface area contributed by atoms with E-state index in [1.165, 1.54) is 0 Å². The first-order valence-corrected chi connectivity index (χ1v) is 17.7. The Kier molecular flexibility index (Phi) is 8.94. The van der Waals surface area contributed by atoms with Crippen molar-refractivity contribution in [3.63, 3.8) is 0 Å². The molecule has 11 heteroatoms. The summed E-state index contributed by atoms with van der Waals surface area (Å²) in [5, 5.41) is 15.5. The third-order valence-electron chi connectivity index (χ3n) is 8.66. The second kappa shape index (κ2) is 12.5. The molecule has 2 heterocycles. The molecule has 1 saturated heterocycles. The molecular formula is C33H39N3O7Si. The lowest BCUT2D eigenvalue weighted by Crippen LogP contribution is -2.44. The predicted molar refractivity (Wildman–Crippen MR) is 169 cm³/mol. The summed E-state index contributed by atoms with van der Waals surface area (Å²) in [5.74, 6) is -0.767. The van der Waals surface area contributed by atoms with Gasteiger partial charge in [-0.15, -0.1) is 0 Å². The molecule has 0 saturated carbocycles. The van der Waals surface area contributed by atoms with Gasteiger partial charge in [-0.05, 0) is 61.1 Å². The standard InChI is InChI=1S/C33H39N3O7Si/c1-21-30(44(3,4)41)28(19-29(38)36(16-17-37)20-22-8-6-5-7-9-22)43-33(21)26-18-24(12-15-27(26)35-32(33)40)34-31(39)23-10-13-25(42-2)14-11-23/h5-15,18,21,28,30,37,41H,16-17,19-20H2,1-4H3,(H,34,39)(H,35,40)/t21-,28+,30-,33+/m0/s1. The minimum Gasteiger partial charge on any atom is -0.497 e. The number of aliphatic hydroxyl groups excluding tert-OH is 1. The molecule has 10 nitrogen and oxygen atoms in total. The van der Waals surface area contributed by atoms with Gasteiger partial charge in [0.15, 0.2) is 13.9 Å². The van der Waals surface area contributed by atoms with Crippen molar-refractivity contribution in [2.75, 3.05) is 30.9 Å². The van der Waals surface area contributed by atoms with E-state index in [-0.39, 0.29) is 37.3 Å². The number of fused-ring (bicyclic) bond motifs is 2. The summed E-state index contributed by atoms with van der Waals surface area (Å²) < 4.78 is 11.8. The molecule has 0 radical (unpaired) electrons. The molecular weight excluding hydrogens is 578 g/mol. The maximum absolute atomic E-state index is 13.7. The number of methoxy groups -OCH3 is 1. The Hall–Kier alpha value is -4.03. The Morgan fingerprint density at radius 3 is 2.43 bits per heavy atom. The van der Waals surface area contributed by atoms with E-state index in [4.69, 9.17) is 9.47 Å². The van der Waals surface area contributed by atoms with Crippen molar-refractivity contribution in [1.29, 1.82) is 0 Å². The van der Waals surface area contributed by atoms with Crippen LogP contribution in [0.2, 0.25) is 18.6 Å². The average molecular weight is 618 g/mol. The van der Waals surface area contributed by atoms with Crippen LogP contribution < -0.4 is 15.4 Å². The van der Waals surface area contributed by atoms with Crippen LogP contribution in [-0.4, -0.2) is 67.2 Å². The maximum atomic E-state index is 13.7. The predicted octanol–water partition coefficient (Wildman–Crippen LogP) is 4.11. The summed E-state index contributed by atoms with van der Waals surface area (Å²) in [6.45, 7) is 5.73. The van der Waals surface area contributed by atoms with Crippen molar-refractivity contribution in [3.05, 3.63) is 89.5 Å². The second-order valence-corrected chi connectivity index (χ2v) is 16.0. The second-order valence-electron chi connectivity index (χ2n) is 12.0. The van der Waals surface area contributed by atoms with Gasteiger partial charge in [0.05, 0.1) is 26.2 Å². The number of hydrogen-bond donors (Lipinski definition) is 4. The number of hydrogen-bond acceptors (Lipinski definition) is 7. The van der Waals surface area contributed by atoms with E-state index in [9.17, 15) is 24.3 Å². The van der Waals surface area contributed by atoms with Crippen molar-refractivity contribution < 1.29 is 33.8 Å². The van der Waals surface area contributed by atoms with E-state index in [1.54, 1.807) is 67.6 Å². The molecule has 1 spiro atoms. The van der Waals surface area contributed by atoms with E-state index in [2.05, 4.69) is 10.6 Å². The third kappa shape index (κ3) is 6.00. The summed E-state index contributed by atoms with van der Waals surface area (Å²) in [7, 11) is -1.43. The number of carbonyl (C=O) groups is 3. The monoisotopic (exact) mass is 617 g/mol. The van der Waals surface area contributed by atoms with Gasteiger partial charge in [-0.3, -0.25) is 14.4 Å². The highest BCUT2D eigenvalue weighted by atomic mass is 28.4. The van der Waals surface area contributed by atoms with Gasteiger partial charge in [0.25, 0.3) is 11.8 Å². The Labute approximate surface area is 258 Å². The molecule has 232 valence electrons. The van der Waals surface area contributed by atoms with Gasteiger partial charge in [-0.1, -0.05) is 37.3 Å². The van der Waals surface area contributed by atoms with Crippen LogP contribution in [0, 0.1) is 5.92 Å². The van der Waals surface area contributed by atoms with Gasteiger partial charge in [-0.25, -0.2) is 0 Å². The molecule has 0 unspecified atom stereocenters. The lowest BCUT2D eigenvalue weighted by Gasteiger charge is -2.32. The van der Waals surface area contributed by atoms with Crippen molar-refractivity contribution in [2.45, 2.75) is 50.2 Å². The highest BCUT2D eigenvalue weighted by Crippen LogP contribution is 2.58. The lowest BCUT2D eigenvalue weighted by molar-refractivity contribution is -0.148. The number of benzene rings is 3. The molecule has 0 aliphatic carbocycles. The zero-order chi connectivity index (χ0) is 31.6. The minimum absolute atomic E-state index is 0.0584. The third-order valence-corrected chi connectivity index (χ3v) is 11.2. The molecule has 44 heavy (non-hydrogen) atoms.